The van der Waals surface area contributed by atoms with Crippen LogP contribution in [0.2, 0.25) is 0 Å². The average molecular weight is 338 g/mol. The van der Waals surface area contributed by atoms with Crippen LogP contribution in [0, 0.1) is 19.8 Å². The van der Waals surface area contributed by atoms with Crippen molar-refractivity contribution in [1.29, 1.82) is 0 Å². The Morgan fingerprint density at radius 3 is 2.68 bits per heavy atom. The van der Waals surface area contributed by atoms with Gasteiger partial charge in [-0.25, -0.2) is 15.5 Å². The highest BCUT2D eigenvalue weighted by Crippen LogP contribution is 2.16. The molecule has 0 fully saturated rings. The molecule has 0 aliphatic carbocycles. The van der Waals surface area contributed by atoms with E-state index in [1.807, 2.05) is 48.9 Å². The molecule has 1 aliphatic heterocycles. The summed E-state index contributed by atoms with van der Waals surface area (Å²) in [6, 6.07) is 9.76. The summed E-state index contributed by atoms with van der Waals surface area (Å²) in [5, 5.41) is 12.2. The monoisotopic (exact) mass is 338 g/mol. The lowest BCUT2D eigenvalue weighted by atomic mass is 10.1. The number of amides is 2. The Bertz CT molecular complexity index is 882. The van der Waals surface area contributed by atoms with E-state index in [-0.39, 0.29) is 11.6 Å². The minimum absolute atomic E-state index is 0.121. The van der Waals surface area contributed by atoms with Gasteiger partial charge in [0.05, 0.1) is 29.2 Å². The average Bonchev–Trinajstić information content (AvgIpc) is 3.09. The second-order valence-electron chi connectivity index (χ2n) is 5.73. The maximum Gasteiger partial charge on any atom is 0.288 e. The van der Waals surface area contributed by atoms with Crippen molar-refractivity contribution in [1.82, 2.24) is 20.6 Å². The molecule has 1 unspecified atom stereocenters. The van der Waals surface area contributed by atoms with E-state index in [1.165, 1.54) is 0 Å². The summed E-state index contributed by atoms with van der Waals surface area (Å²) in [5.41, 5.74) is 8.26. The lowest BCUT2D eigenvalue weighted by molar-refractivity contribution is -0.122. The van der Waals surface area contributed by atoms with Gasteiger partial charge in [-0.3, -0.25) is 9.59 Å². The number of hydrogen-bond donors (Lipinski definition) is 2. The first kappa shape index (κ1) is 16.6. The highest BCUT2D eigenvalue weighted by molar-refractivity contribution is 6.44. The third-order valence-corrected chi connectivity index (χ3v) is 4.03. The molecule has 8 heteroatoms. The van der Waals surface area contributed by atoms with Gasteiger partial charge in [0.2, 0.25) is 5.91 Å². The summed E-state index contributed by atoms with van der Waals surface area (Å²) in [5.74, 6) is -1.39. The molecule has 1 aromatic carbocycles. The van der Waals surface area contributed by atoms with Gasteiger partial charge in [0.25, 0.3) is 5.91 Å². The van der Waals surface area contributed by atoms with Crippen LogP contribution < -0.4 is 10.9 Å². The fourth-order valence-electron chi connectivity index (χ4n) is 2.56. The van der Waals surface area contributed by atoms with E-state index in [4.69, 9.17) is 0 Å². The Kier molecular flexibility index (Phi) is 4.42. The molecule has 128 valence electrons. The first-order valence-electron chi connectivity index (χ1n) is 7.81. The molecule has 1 aromatic heterocycles. The SMILES string of the molecule is Cc1nn(-c2ccccc2)c(C)c1C=NNC(=O)C1=NNC(=O)C1C. The topological polar surface area (TPSA) is 101 Å². The van der Waals surface area contributed by atoms with Crippen LogP contribution in [0.5, 0.6) is 0 Å². The zero-order chi connectivity index (χ0) is 18.0. The second-order valence-corrected chi connectivity index (χ2v) is 5.73. The Labute approximate surface area is 144 Å². The van der Waals surface area contributed by atoms with Gasteiger partial charge in [-0.2, -0.15) is 15.3 Å². The molecule has 1 atom stereocenters. The van der Waals surface area contributed by atoms with Gasteiger partial charge in [0.1, 0.15) is 5.71 Å². The lowest BCUT2D eigenvalue weighted by Crippen LogP contribution is -2.32. The smallest absolute Gasteiger partial charge is 0.272 e. The molecule has 2 heterocycles. The number of aryl methyl sites for hydroxylation is 1. The van der Waals surface area contributed by atoms with Gasteiger partial charge < -0.3 is 0 Å². The minimum atomic E-state index is -0.584. The van der Waals surface area contributed by atoms with Crippen molar-refractivity contribution in [2.75, 3.05) is 0 Å². The van der Waals surface area contributed by atoms with Crippen molar-refractivity contribution >= 4 is 23.7 Å². The van der Waals surface area contributed by atoms with E-state index in [0.717, 1.165) is 22.6 Å². The molecule has 0 saturated heterocycles. The van der Waals surface area contributed by atoms with Gasteiger partial charge in [0.15, 0.2) is 0 Å². The van der Waals surface area contributed by atoms with Crippen molar-refractivity contribution in [3.63, 3.8) is 0 Å². The van der Waals surface area contributed by atoms with E-state index >= 15 is 0 Å². The molecule has 0 spiro atoms. The molecule has 2 aromatic rings. The standard InChI is InChI=1S/C17H18N6O2/c1-10-15(19-21-16(10)24)17(25)20-18-9-14-11(2)22-23(12(14)3)13-7-5-4-6-8-13/h4-10H,1-3H3,(H,20,25)(H,21,24). The van der Waals surface area contributed by atoms with E-state index in [9.17, 15) is 9.59 Å². The van der Waals surface area contributed by atoms with E-state index in [1.54, 1.807) is 13.1 Å². The van der Waals surface area contributed by atoms with Gasteiger partial charge in [-0.1, -0.05) is 18.2 Å². The van der Waals surface area contributed by atoms with Crippen molar-refractivity contribution < 1.29 is 9.59 Å². The molecule has 25 heavy (non-hydrogen) atoms. The summed E-state index contributed by atoms with van der Waals surface area (Å²) in [4.78, 5) is 23.4. The van der Waals surface area contributed by atoms with E-state index in [2.05, 4.69) is 26.2 Å². The van der Waals surface area contributed by atoms with Gasteiger partial charge in [-0.05, 0) is 32.9 Å². The fraction of sp³-hybridized carbons (Fsp3) is 0.235. The predicted octanol–water partition coefficient (Wildman–Crippen LogP) is 1.06. The number of nitrogens with zero attached hydrogens (tertiary/aromatic N) is 4. The molecule has 1 aliphatic rings. The number of benzene rings is 1. The third kappa shape index (κ3) is 3.18. The number of aromatic nitrogens is 2. The highest BCUT2D eigenvalue weighted by atomic mass is 16.2. The Morgan fingerprint density at radius 1 is 1.32 bits per heavy atom. The molecular weight excluding hydrogens is 320 g/mol. The largest absolute Gasteiger partial charge is 0.288 e. The van der Waals surface area contributed by atoms with E-state index in [0.29, 0.717) is 0 Å². The maximum atomic E-state index is 12.0. The number of carbonyl (C=O) groups excluding carboxylic acids is 2. The van der Waals surface area contributed by atoms with Gasteiger partial charge in [-0.15, -0.1) is 0 Å². The first-order valence-corrected chi connectivity index (χ1v) is 7.81. The summed E-state index contributed by atoms with van der Waals surface area (Å²) in [6.07, 6.45) is 1.55. The van der Waals surface area contributed by atoms with Crippen LogP contribution in [0.4, 0.5) is 0 Å². The van der Waals surface area contributed by atoms with Crippen LogP contribution in [0.25, 0.3) is 5.69 Å². The number of hydrazone groups is 2. The number of nitrogens with one attached hydrogen (secondary N) is 2. The molecule has 0 radical (unpaired) electrons. The van der Waals surface area contributed by atoms with E-state index < -0.39 is 11.8 Å². The van der Waals surface area contributed by atoms with Crippen LogP contribution in [-0.4, -0.2) is 33.5 Å². The summed E-state index contributed by atoms with van der Waals surface area (Å²) in [6.45, 7) is 5.42. The molecule has 3 rings (SSSR count). The van der Waals surface area contributed by atoms with Gasteiger partial charge in [0, 0.05) is 5.56 Å². The third-order valence-electron chi connectivity index (χ3n) is 4.03. The predicted molar refractivity (Wildman–Crippen MR) is 93.5 cm³/mol. The van der Waals surface area contributed by atoms with Crippen LogP contribution in [0.1, 0.15) is 23.9 Å². The van der Waals surface area contributed by atoms with Crippen molar-refractivity contribution in [2.45, 2.75) is 20.8 Å². The lowest BCUT2D eigenvalue weighted by Gasteiger charge is -2.04. The van der Waals surface area contributed by atoms with Crippen molar-refractivity contribution in [3.05, 3.63) is 47.3 Å². The summed E-state index contributed by atoms with van der Waals surface area (Å²) >= 11 is 0. The van der Waals surface area contributed by atoms with Crippen LogP contribution in [0.3, 0.4) is 0 Å². The number of hydrogen-bond acceptors (Lipinski definition) is 5. The molecular formula is C17H18N6O2. The first-order chi connectivity index (χ1) is 12.0. The summed E-state index contributed by atoms with van der Waals surface area (Å²) < 4.78 is 1.82. The normalized spacial score (nSPS) is 16.8. The Balaban J connectivity index is 1.75. The fourth-order valence-corrected chi connectivity index (χ4v) is 2.56. The van der Waals surface area contributed by atoms with Crippen molar-refractivity contribution in [3.8, 4) is 5.69 Å². The Hall–Kier alpha value is -3.29. The minimum Gasteiger partial charge on any atom is -0.272 e. The Morgan fingerprint density at radius 2 is 2.04 bits per heavy atom. The zero-order valence-electron chi connectivity index (χ0n) is 14.1. The van der Waals surface area contributed by atoms with Crippen LogP contribution in [-0.2, 0) is 9.59 Å². The second kappa shape index (κ2) is 6.68. The maximum absolute atomic E-state index is 12.0. The number of rotatable bonds is 4. The van der Waals surface area contributed by atoms with Gasteiger partial charge >= 0.3 is 0 Å². The molecule has 2 amide bonds. The van der Waals surface area contributed by atoms with Crippen molar-refractivity contribution in [2.24, 2.45) is 16.1 Å². The highest BCUT2D eigenvalue weighted by Gasteiger charge is 2.30. The summed E-state index contributed by atoms with van der Waals surface area (Å²) in [7, 11) is 0. The molecule has 8 nitrogen and oxygen atoms in total. The zero-order valence-corrected chi connectivity index (χ0v) is 14.1. The quantitative estimate of drug-likeness (QED) is 0.644. The molecule has 0 bridgehead atoms. The van der Waals surface area contributed by atoms with Crippen LogP contribution in [0.15, 0.2) is 40.5 Å². The van der Waals surface area contributed by atoms with Crippen LogP contribution >= 0.6 is 0 Å². The number of carbonyl (C=O) groups is 2. The number of para-hydroxylation sites is 1. The molecule has 0 saturated carbocycles. The molecule has 2 N–H and O–H groups in total.